The van der Waals surface area contributed by atoms with Crippen molar-refractivity contribution in [3.63, 3.8) is 0 Å². The van der Waals surface area contributed by atoms with Gasteiger partial charge in [0, 0.05) is 22.6 Å². The van der Waals surface area contributed by atoms with E-state index in [0.717, 1.165) is 19.5 Å². The van der Waals surface area contributed by atoms with Crippen molar-refractivity contribution in [1.29, 1.82) is 0 Å². The number of anilines is 1. The van der Waals surface area contributed by atoms with Crippen molar-refractivity contribution in [1.82, 2.24) is 4.90 Å². The topological polar surface area (TPSA) is 49.4 Å². The molecular formula is C15H14Br2N2O2S. The number of carbonyl (C=O) groups excluding carboxylic acids is 2. The van der Waals surface area contributed by atoms with Gasteiger partial charge in [0.2, 0.25) is 5.91 Å². The number of aryl methyl sites for hydroxylation is 1. The fraction of sp³-hybridized carbons (Fsp3) is 0.200. The van der Waals surface area contributed by atoms with Gasteiger partial charge in [0.1, 0.15) is 0 Å². The Bertz CT molecular complexity index is 715. The van der Waals surface area contributed by atoms with Crippen LogP contribution in [0.15, 0.2) is 37.9 Å². The molecule has 22 heavy (non-hydrogen) atoms. The van der Waals surface area contributed by atoms with Crippen molar-refractivity contribution < 1.29 is 9.59 Å². The molecule has 0 bridgehead atoms. The van der Waals surface area contributed by atoms with Gasteiger partial charge in [0.15, 0.2) is 0 Å². The molecule has 1 aromatic carbocycles. The minimum atomic E-state index is -0.226. The molecule has 2 rings (SSSR count). The molecular weight excluding hydrogens is 432 g/mol. The number of hydrogen-bond donors (Lipinski definition) is 1. The van der Waals surface area contributed by atoms with E-state index >= 15 is 0 Å². The van der Waals surface area contributed by atoms with Gasteiger partial charge in [0.25, 0.3) is 5.91 Å². The third-order valence-corrected chi connectivity index (χ3v) is 5.00. The summed E-state index contributed by atoms with van der Waals surface area (Å²) in [6.45, 7) is 1.92. The van der Waals surface area contributed by atoms with Gasteiger partial charge in [-0.1, -0.05) is 15.9 Å². The van der Waals surface area contributed by atoms with E-state index in [1.807, 2.05) is 25.1 Å². The lowest BCUT2D eigenvalue weighted by Gasteiger charge is -2.16. The van der Waals surface area contributed by atoms with Gasteiger partial charge in [-0.15, -0.1) is 11.3 Å². The molecule has 116 valence electrons. The van der Waals surface area contributed by atoms with Crippen LogP contribution in [-0.2, 0) is 4.79 Å². The summed E-state index contributed by atoms with van der Waals surface area (Å²) in [7, 11) is 1.61. The molecule has 1 heterocycles. The van der Waals surface area contributed by atoms with Gasteiger partial charge in [-0.05, 0) is 52.7 Å². The molecule has 0 unspecified atom stereocenters. The van der Waals surface area contributed by atoms with Crippen LogP contribution in [0, 0.1) is 6.92 Å². The number of amides is 2. The van der Waals surface area contributed by atoms with E-state index in [1.54, 1.807) is 18.5 Å². The normalized spacial score (nSPS) is 10.4. The molecule has 0 aliphatic rings. The molecule has 0 aliphatic carbocycles. The lowest BCUT2D eigenvalue weighted by atomic mass is 10.2. The quantitative estimate of drug-likeness (QED) is 0.762. The minimum absolute atomic E-state index is 0.00179. The van der Waals surface area contributed by atoms with Crippen LogP contribution < -0.4 is 5.32 Å². The standard InChI is InChI=1S/C15H14Br2N2O2S/c1-9-5-11(16)3-4-12(9)18-14(20)7-19(2)15(21)10-6-13(17)22-8-10/h3-6,8H,7H2,1-2H3,(H,18,20). The van der Waals surface area contributed by atoms with E-state index in [-0.39, 0.29) is 18.4 Å². The first-order chi connectivity index (χ1) is 10.4. The number of likely N-dealkylation sites (N-methyl/N-ethyl adjacent to an activating group) is 1. The van der Waals surface area contributed by atoms with Gasteiger partial charge in [-0.3, -0.25) is 9.59 Å². The van der Waals surface area contributed by atoms with E-state index in [9.17, 15) is 9.59 Å². The average molecular weight is 446 g/mol. The third kappa shape index (κ3) is 4.41. The predicted molar refractivity (Wildman–Crippen MR) is 96.5 cm³/mol. The van der Waals surface area contributed by atoms with E-state index in [1.165, 1.54) is 16.2 Å². The monoisotopic (exact) mass is 444 g/mol. The zero-order chi connectivity index (χ0) is 16.3. The number of nitrogens with one attached hydrogen (secondary N) is 1. The van der Waals surface area contributed by atoms with Crippen molar-refractivity contribution in [2.45, 2.75) is 6.92 Å². The second kappa shape index (κ2) is 7.39. The molecule has 7 heteroatoms. The number of benzene rings is 1. The maximum absolute atomic E-state index is 12.2. The smallest absolute Gasteiger partial charge is 0.254 e. The minimum Gasteiger partial charge on any atom is -0.332 e. The van der Waals surface area contributed by atoms with Crippen molar-refractivity contribution in [2.75, 3.05) is 18.9 Å². The summed E-state index contributed by atoms with van der Waals surface area (Å²) >= 11 is 8.14. The highest BCUT2D eigenvalue weighted by Gasteiger charge is 2.16. The fourth-order valence-corrected chi connectivity index (χ4v) is 3.49. The van der Waals surface area contributed by atoms with Crippen molar-refractivity contribution in [3.05, 3.63) is 49.0 Å². The lowest BCUT2D eigenvalue weighted by Crippen LogP contribution is -2.34. The third-order valence-electron chi connectivity index (χ3n) is 3.00. The zero-order valence-electron chi connectivity index (χ0n) is 12.0. The molecule has 0 atom stereocenters. The Kier molecular flexibility index (Phi) is 5.77. The molecule has 2 aromatic rings. The Morgan fingerprint density at radius 2 is 2.00 bits per heavy atom. The first-order valence-electron chi connectivity index (χ1n) is 6.42. The van der Waals surface area contributed by atoms with Crippen molar-refractivity contribution >= 4 is 60.7 Å². The summed E-state index contributed by atoms with van der Waals surface area (Å²) in [5, 5.41) is 4.58. The van der Waals surface area contributed by atoms with Crippen LogP contribution in [0.5, 0.6) is 0 Å². The summed E-state index contributed by atoms with van der Waals surface area (Å²) in [5.74, 6) is -0.403. The summed E-state index contributed by atoms with van der Waals surface area (Å²) < 4.78 is 1.84. The van der Waals surface area contributed by atoms with Crippen molar-refractivity contribution in [2.24, 2.45) is 0 Å². The van der Waals surface area contributed by atoms with E-state index < -0.39 is 0 Å². The summed E-state index contributed by atoms with van der Waals surface area (Å²) in [6.07, 6.45) is 0. The molecule has 0 spiro atoms. The Balaban J connectivity index is 1.98. The highest BCUT2D eigenvalue weighted by Crippen LogP contribution is 2.22. The Labute approximate surface area is 149 Å². The van der Waals surface area contributed by atoms with Gasteiger partial charge in [0.05, 0.1) is 15.9 Å². The summed E-state index contributed by atoms with van der Waals surface area (Å²) in [6, 6.07) is 7.36. The molecule has 0 aliphatic heterocycles. The van der Waals surface area contributed by atoms with Gasteiger partial charge in [-0.2, -0.15) is 0 Å². The molecule has 4 nitrogen and oxygen atoms in total. The number of thiophene rings is 1. The highest BCUT2D eigenvalue weighted by molar-refractivity contribution is 9.11. The summed E-state index contributed by atoms with van der Waals surface area (Å²) in [4.78, 5) is 25.7. The largest absolute Gasteiger partial charge is 0.332 e. The van der Waals surface area contributed by atoms with E-state index in [2.05, 4.69) is 37.2 Å². The number of nitrogens with zero attached hydrogens (tertiary/aromatic N) is 1. The maximum atomic E-state index is 12.2. The van der Waals surface area contributed by atoms with Crippen LogP contribution in [0.3, 0.4) is 0 Å². The van der Waals surface area contributed by atoms with E-state index in [0.29, 0.717) is 5.56 Å². The number of halogens is 2. The Morgan fingerprint density at radius 1 is 1.27 bits per heavy atom. The lowest BCUT2D eigenvalue weighted by molar-refractivity contribution is -0.116. The second-order valence-electron chi connectivity index (χ2n) is 4.81. The molecule has 0 saturated heterocycles. The zero-order valence-corrected chi connectivity index (χ0v) is 16.0. The fourth-order valence-electron chi connectivity index (χ4n) is 1.89. The maximum Gasteiger partial charge on any atom is 0.254 e. The number of hydrogen-bond acceptors (Lipinski definition) is 3. The second-order valence-corrected chi connectivity index (χ2v) is 8.01. The molecule has 2 amide bonds. The predicted octanol–water partition coefficient (Wildman–Crippen LogP) is 4.29. The Morgan fingerprint density at radius 3 is 2.59 bits per heavy atom. The average Bonchev–Trinajstić information content (AvgIpc) is 2.87. The van der Waals surface area contributed by atoms with E-state index in [4.69, 9.17) is 0 Å². The van der Waals surface area contributed by atoms with Crippen LogP contribution >= 0.6 is 43.2 Å². The molecule has 1 N–H and O–H groups in total. The first-order valence-corrected chi connectivity index (χ1v) is 8.89. The molecule has 0 saturated carbocycles. The van der Waals surface area contributed by atoms with Crippen LogP contribution in [0.1, 0.15) is 15.9 Å². The molecule has 1 aromatic heterocycles. The first kappa shape index (κ1) is 17.2. The van der Waals surface area contributed by atoms with Gasteiger partial charge in [-0.25, -0.2) is 0 Å². The summed E-state index contributed by atoms with van der Waals surface area (Å²) in [5.41, 5.74) is 2.28. The van der Waals surface area contributed by atoms with Gasteiger partial charge < -0.3 is 10.2 Å². The highest BCUT2D eigenvalue weighted by atomic mass is 79.9. The SMILES string of the molecule is Cc1cc(Br)ccc1NC(=O)CN(C)C(=O)c1csc(Br)c1. The van der Waals surface area contributed by atoms with Gasteiger partial charge >= 0.3 is 0 Å². The molecule has 0 radical (unpaired) electrons. The van der Waals surface area contributed by atoms with Crippen LogP contribution in [0.4, 0.5) is 5.69 Å². The Hall–Kier alpha value is -1.18. The van der Waals surface area contributed by atoms with Crippen molar-refractivity contribution in [3.8, 4) is 0 Å². The van der Waals surface area contributed by atoms with Crippen LogP contribution in [0.25, 0.3) is 0 Å². The van der Waals surface area contributed by atoms with Crippen LogP contribution in [-0.4, -0.2) is 30.3 Å². The van der Waals surface area contributed by atoms with Crippen LogP contribution in [0.2, 0.25) is 0 Å². The number of rotatable bonds is 4. The number of carbonyl (C=O) groups is 2. The molecule has 0 fully saturated rings.